The number of alkyl halides is 3. The molecule has 0 aliphatic carbocycles. The number of likely N-dealkylation sites (tertiary alicyclic amines) is 1. The Bertz CT molecular complexity index is 1160. The number of nitrogens with one attached hydrogen (secondary N) is 2. The monoisotopic (exact) mass is 491 g/mol. The fraction of sp³-hybridized carbons (Fsp3) is 0.391. The van der Waals surface area contributed by atoms with E-state index in [0.717, 1.165) is 48.4 Å². The standard InChI is InChI=1S/C23H28F3N7O2/c1-31-8-6-19(7-9-31)35-29-13-16-5-10-32-20(14-28-21(32)11-16)17-3-2-4-18(12-17)30-22(34)33(27)15-23(24,25)26/h2-5,10-12,14,19,29H,6-9,13,15,27H2,1H3,(H,30,34). The number of amides is 2. The van der Waals surface area contributed by atoms with E-state index in [9.17, 15) is 18.0 Å². The number of hydroxylamine groups is 1. The first-order chi connectivity index (χ1) is 16.7. The Balaban J connectivity index is 1.40. The number of hydrogen-bond acceptors (Lipinski definition) is 6. The van der Waals surface area contributed by atoms with Gasteiger partial charge in [-0.2, -0.15) is 18.7 Å². The highest BCUT2D eigenvalue weighted by Crippen LogP contribution is 2.25. The molecule has 3 aromatic rings. The van der Waals surface area contributed by atoms with E-state index in [2.05, 4.69) is 27.7 Å². The van der Waals surface area contributed by atoms with Gasteiger partial charge < -0.3 is 10.2 Å². The summed E-state index contributed by atoms with van der Waals surface area (Å²) < 4.78 is 39.3. The van der Waals surface area contributed by atoms with Crippen molar-refractivity contribution < 1.29 is 22.8 Å². The van der Waals surface area contributed by atoms with Crippen LogP contribution in [-0.2, 0) is 11.4 Å². The van der Waals surface area contributed by atoms with Gasteiger partial charge in [0.05, 0.1) is 18.0 Å². The van der Waals surface area contributed by atoms with E-state index in [1.54, 1.807) is 24.4 Å². The Labute approximate surface area is 200 Å². The van der Waals surface area contributed by atoms with Gasteiger partial charge >= 0.3 is 12.2 Å². The Kier molecular flexibility index (Phi) is 7.55. The van der Waals surface area contributed by atoms with Crippen LogP contribution in [0.25, 0.3) is 16.9 Å². The predicted octanol–water partition coefficient (Wildman–Crippen LogP) is 3.39. The predicted molar refractivity (Wildman–Crippen MR) is 125 cm³/mol. The number of pyridine rings is 1. The van der Waals surface area contributed by atoms with Gasteiger partial charge in [0.15, 0.2) is 0 Å². The number of hydrogen-bond donors (Lipinski definition) is 3. The number of aromatic nitrogens is 2. The Morgan fingerprint density at radius 3 is 2.77 bits per heavy atom. The van der Waals surface area contributed by atoms with Crippen LogP contribution in [0.3, 0.4) is 0 Å². The molecule has 2 amide bonds. The molecule has 1 aliphatic rings. The van der Waals surface area contributed by atoms with Crippen molar-refractivity contribution in [1.29, 1.82) is 0 Å². The zero-order chi connectivity index (χ0) is 25.0. The van der Waals surface area contributed by atoms with E-state index < -0.39 is 18.8 Å². The summed E-state index contributed by atoms with van der Waals surface area (Å²) in [6.45, 7) is 1.04. The second kappa shape index (κ2) is 10.6. The molecule has 0 spiro atoms. The van der Waals surface area contributed by atoms with E-state index in [4.69, 9.17) is 10.7 Å². The van der Waals surface area contributed by atoms with Crippen molar-refractivity contribution in [3.05, 3.63) is 54.4 Å². The number of urea groups is 1. The molecule has 1 aromatic carbocycles. The topological polar surface area (TPSA) is 100 Å². The Hall–Kier alpha value is -3.19. The first-order valence-corrected chi connectivity index (χ1v) is 11.2. The fourth-order valence-electron chi connectivity index (χ4n) is 3.91. The number of nitrogens with two attached hydrogens (primary N) is 1. The molecule has 1 saturated heterocycles. The van der Waals surface area contributed by atoms with E-state index in [-0.39, 0.29) is 11.1 Å². The molecule has 2 aromatic heterocycles. The lowest BCUT2D eigenvalue weighted by Crippen LogP contribution is -2.46. The first-order valence-electron chi connectivity index (χ1n) is 11.2. The van der Waals surface area contributed by atoms with E-state index in [1.807, 2.05) is 28.8 Å². The number of hydrazine groups is 1. The average molecular weight is 492 g/mol. The maximum absolute atomic E-state index is 12.5. The second-order valence-corrected chi connectivity index (χ2v) is 8.60. The third-order valence-electron chi connectivity index (χ3n) is 5.79. The van der Waals surface area contributed by atoms with Crippen LogP contribution in [0.2, 0.25) is 0 Å². The van der Waals surface area contributed by atoms with Gasteiger partial charge in [0.1, 0.15) is 12.2 Å². The third-order valence-corrected chi connectivity index (χ3v) is 5.79. The number of benzene rings is 1. The number of rotatable bonds is 7. The van der Waals surface area contributed by atoms with Crippen molar-refractivity contribution in [2.75, 3.05) is 32.0 Å². The number of carbonyl (C=O) groups is 1. The maximum Gasteiger partial charge on any atom is 0.407 e. The SMILES string of the molecule is CN1CCC(ONCc2ccn3c(-c4cccc(NC(=O)N(N)CC(F)(F)F)c4)cnc3c2)CC1. The average Bonchev–Trinajstić information content (AvgIpc) is 3.23. The lowest BCUT2D eigenvalue weighted by Gasteiger charge is -2.28. The normalized spacial score (nSPS) is 15.5. The highest BCUT2D eigenvalue weighted by molar-refractivity contribution is 5.89. The van der Waals surface area contributed by atoms with Gasteiger partial charge in [-0.15, -0.1) is 0 Å². The van der Waals surface area contributed by atoms with Crippen LogP contribution in [0.5, 0.6) is 0 Å². The summed E-state index contributed by atoms with van der Waals surface area (Å²) >= 11 is 0. The van der Waals surface area contributed by atoms with E-state index in [0.29, 0.717) is 12.2 Å². The zero-order valence-electron chi connectivity index (χ0n) is 19.3. The smallest absolute Gasteiger partial charge is 0.307 e. The molecule has 9 nitrogen and oxygen atoms in total. The van der Waals surface area contributed by atoms with Crippen LogP contribution in [0.1, 0.15) is 18.4 Å². The minimum absolute atomic E-state index is 0.0902. The minimum atomic E-state index is -4.59. The molecule has 35 heavy (non-hydrogen) atoms. The maximum atomic E-state index is 12.5. The molecule has 188 valence electrons. The van der Waals surface area contributed by atoms with Crippen molar-refractivity contribution in [3.63, 3.8) is 0 Å². The number of halogens is 3. The zero-order valence-corrected chi connectivity index (χ0v) is 19.3. The van der Waals surface area contributed by atoms with Gasteiger partial charge in [0.2, 0.25) is 0 Å². The quantitative estimate of drug-likeness (QED) is 0.266. The summed E-state index contributed by atoms with van der Waals surface area (Å²) in [5.41, 5.74) is 6.60. The summed E-state index contributed by atoms with van der Waals surface area (Å²) in [4.78, 5) is 24.5. The van der Waals surface area contributed by atoms with Crippen molar-refractivity contribution in [3.8, 4) is 11.3 Å². The fourth-order valence-corrected chi connectivity index (χ4v) is 3.91. The van der Waals surface area contributed by atoms with Crippen molar-refractivity contribution >= 4 is 17.4 Å². The number of imidazole rings is 1. The highest BCUT2D eigenvalue weighted by atomic mass is 19.4. The van der Waals surface area contributed by atoms with Crippen LogP contribution < -0.4 is 16.6 Å². The minimum Gasteiger partial charge on any atom is -0.307 e. The molecule has 0 atom stereocenters. The largest absolute Gasteiger partial charge is 0.407 e. The van der Waals surface area contributed by atoms with Gasteiger partial charge in [0.25, 0.3) is 0 Å². The summed E-state index contributed by atoms with van der Waals surface area (Å²) in [6, 6.07) is 9.57. The van der Waals surface area contributed by atoms with E-state index >= 15 is 0 Å². The highest BCUT2D eigenvalue weighted by Gasteiger charge is 2.32. The summed E-state index contributed by atoms with van der Waals surface area (Å²) in [5.74, 6) is 5.23. The van der Waals surface area contributed by atoms with Gasteiger partial charge in [-0.05, 0) is 49.7 Å². The molecule has 12 heteroatoms. The summed E-state index contributed by atoms with van der Waals surface area (Å²) in [7, 11) is 2.11. The molecule has 0 saturated carbocycles. The van der Waals surface area contributed by atoms with Crippen LogP contribution in [0, 0.1) is 0 Å². The molecule has 0 unspecified atom stereocenters. The van der Waals surface area contributed by atoms with Crippen LogP contribution >= 0.6 is 0 Å². The first kappa shape index (κ1) is 24.9. The van der Waals surface area contributed by atoms with Gasteiger partial charge in [-0.1, -0.05) is 12.1 Å². The molecule has 3 heterocycles. The summed E-state index contributed by atoms with van der Waals surface area (Å²) in [6.07, 6.45) is 1.20. The third kappa shape index (κ3) is 6.69. The van der Waals surface area contributed by atoms with Crippen molar-refractivity contribution in [1.82, 2.24) is 24.8 Å². The van der Waals surface area contributed by atoms with Crippen LogP contribution in [0.4, 0.5) is 23.7 Å². The molecule has 4 N–H and O–H groups in total. The molecular weight excluding hydrogens is 463 g/mol. The number of fused-ring (bicyclic) bond motifs is 1. The van der Waals surface area contributed by atoms with E-state index in [1.165, 1.54) is 0 Å². The van der Waals surface area contributed by atoms with Gasteiger partial charge in [0, 0.05) is 37.1 Å². The number of carbonyl (C=O) groups excluding carboxylic acids is 1. The molecule has 4 rings (SSSR count). The number of anilines is 1. The van der Waals surface area contributed by atoms with Crippen molar-refractivity contribution in [2.45, 2.75) is 31.7 Å². The molecule has 1 fully saturated rings. The molecular formula is C23H28F3N7O2. The Morgan fingerprint density at radius 1 is 1.26 bits per heavy atom. The number of nitrogens with zero attached hydrogens (tertiary/aromatic N) is 4. The molecule has 0 bridgehead atoms. The van der Waals surface area contributed by atoms with Gasteiger partial charge in [-0.25, -0.2) is 15.6 Å². The second-order valence-electron chi connectivity index (χ2n) is 8.60. The van der Waals surface area contributed by atoms with Gasteiger partial charge in [-0.3, -0.25) is 14.2 Å². The van der Waals surface area contributed by atoms with Crippen LogP contribution in [-0.4, -0.2) is 64.3 Å². The Morgan fingerprint density at radius 2 is 2.03 bits per heavy atom. The lowest BCUT2D eigenvalue weighted by molar-refractivity contribution is -0.139. The molecule has 1 aliphatic heterocycles. The summed E-state index contributed by atoms with van der Waals surface area (Å²) in [5, 5.41) is 2.47. The lowest BCUT2D eigenvalue weighted by atomic mass is 10.1. The number of piperidine rings is 1. The van der Waals surface area contributed by atoms with Crippen molar-refractivity contribution in [2.24, 2.45) is 5.84 Å². The molecule has 0 radical (unpaired) electrons. The van der Waals surface area contributed by atoms with Crippen LogP contribution in [0.15, 0.2) is 48.8 Å².